The van der Waals surface area contributed by atoms with E-state index in [1.54, 1.807) is 6.07 Å². The molecule has 1 aromatic carbocycles. The predicted octanol–water partition coefficient (Wildman–Crippen LogP) is 3.31. The van der Waals surface area contributed by atoms with Crippen LogP contribution in [0.25, 0.3) is 0 Å². The van der Waals surface area contributed by atoms with Gasteiger partial charge >= 0.3 is 5.69 Å². The van der Waals surface area contributed by atoms with E-state index in [9.17, 15) is 14.9 Å². The standard InChI is InChI=1S/C17H26N2O5/c1-12(2)6-5-7-13(3)18-17(20)11-24-16-9-8-14(23-4)10-15(16)19(21)22/h8-10,12-13H,5-7,11H2,1-4H3,(H,18,20)/t13-/m0/s1. The molecule has 0 bridgehead atoms. The number of methoxy groups -OCH3 is 1. The van der Waals surface area contributed by atoms with Gasteiger partial charge in [0, 0.05) is 6.04 Å². The highest BCUT2D eigenvalue weighted by atomic mass is 16.6. The highest BCUT2D eigenvalue weighted by molar-refractivity contribution is 5.78. The zero-order valence-corrected chi connectivity index (χ0v) is 14.7. The summed E-state index contributed by atoms with van der Waals surface area (Å²) < 4.78 is 10.2. The minimum atomic E-state index is -0.565. The van der Waals surface area contributed by atoms with Crippen LogP contribution in [0.2, 0.25) is 0 Å². The minimum Gasteiger partial charge on any atom is -0.496 e. The van der Waals surface area contributed by atoms with Gasteiger partial charge in [-0.3, -0.25) is 14.9 Å². The van der Waals surface area contributed by atoms with Crippen molar-refractivity contribution in [2.24, 2.45) is 5.92 Å². The summed E-state index contributed by atoms with van der Waals surface area (Å²) in [7, 11) is 1.42. The minimum absolute atomic E-state index is 0.0448. The number of ether oxygens (including phenoxy) is 2. The van der Waals surface area contributed by atoms with Gasteiger partial charge < -0.3 is 14.8 Å². The lowest BCUT2D eigenvalue weighted by atomic mass is 10.0. The molecular weight excluding hydrogens is 312 g/mol. The fourth-order valence-corrected chi connectivity index (χ4v) is 2.25. The lowest BCUT2D eigenvalue weighted by Gasteiger charge is -2.15. The average molecular weight is 338 g/mol. The zero-order chi connectivity index (χ0) is 18.1. The highest BCUT2D eigenvalue weighted by Crippen LogP contribution is 2.30. The van der Waals surface area contributed by atoms with Crippen LogP contribution in [0.5, 0.6) is 11.5 Å². The van der Waals surface area contributed by atoms with E-state index in [1.165, 1.54) is 19.2 Å². The molecule has 0 spiro atoms. The molecule has 134 valence electrons. The van der Waals surface area contributed by atoms with Crippen molar-refractivity contribution in [1.82, 2.24) is 5.32 Å². The van der Waals surface area contributed by atoms with Crippen molar-refractivity contribution < 1.29 is 19.2 Å². The van der Waals surface area contributed by atoms with Crippen LogP contribution in [-0.4, -0.2) is 30.6 Å². The number of rotatable bonds is 10. The van der Waals surface area contributed by atoms with E-state index in [1.807, 2.05) is 6.92 Å². The Balaban J connectivity index is 2.50. The van der Waals surface area contributed by atoms with E-state index < -0.39 is 4.92 Å². The summed E-state index contributed by atoms with van der Waals surface area (Å²) in [5, 5.41) is 13.9. The number of benzene rings is 1. The Bertz CT molecular complexity index is 560. The van der Waals surface area contributed by atoms with Crippen LogP contribution < -0.4 is 14.8 Å². The molecule has 1 N–H and O–H groups in total. The van der Waals surface area contributed by atoms with E-state index in [2.05, 4.69) is 19.2 Å². The molecule has 1 amide bonds. The van der Waals surface area contributed by atoms with Crippen molar-refractivity contribution >= 4 is 11.6 Å². The molecule has 7 nitrogen and oxygen atoms in total. The van der Waals surface area contributed by atoms with Crippen molar-refractivity contribution in [1.29, 1.82) is 0 Å². The number of amides is 1. The second-order valence-corrected chi connectivity index (χ2v) is 6.17. The smallest absolute Gasteiger partial charge is 0.314 e. The molecule has 1 rings (SSSR count). The second-order valence-electron chi connectivity index (χ2n) is 6.17. The molecule has 0 saturated heterocycles. The Morgan fingerprint density at radius 2 is 2.00 bits per heavy atom. The quantitative estimate of drug-likeness (QED) is 0.522. The first-order valence-electron chi connectivity index (χ1n) is 8.08. The van der Waals surface area contributed by atoms with Gasteiger partial charge in [0.05, 0.1) is 18.1 Å². The number of nitrogens with one attached hydrogen (secondary N) is 1. The zero-order valence-electron chi connectivity index (χ0n) is 14.7. The number of nitro benzene ring substituents is 1. The molecule has 7 heteroatoms. The molecule has 0 aliphatic heterocycles. The largest absolute Gasteiger partial charge is 0.496 e. The first-order valence-corrected chi connectivity index (χ1v) is 8.08. The maximum absolute atomic E-state index is 11.9. The van der Waals surface area contributed by atoms with Crippen LogP contribution in [0.4, 0.5) is 5.69 Å². The van der Waals surface area contributed by atoms with Gasteiger partial charge in [-0.05, 0) is 31.4 Å². The first kappa shape index (κ1) is 19.7. The Morgan fingerprint density at radius 3 is 2.58 bits per heavy atom. The highest BCUT2D eigenvalue weighted by Gasteiger charge is 2.18. The van der Waals surface area contributed by atoms with Crippen LogP contribution in [0.3, 0.4) is 0 Å². The maximum atomic E-state index is 11.9. The third kappa shape index (κ3) is 6.85. The SMILES string of the molecule is COc1ccc(OCC(=O)N[C@@H](C)CCCC(C)C)c([N+](=O)[O-])c1. The van der Waals surface area contributed by atoms with Gasteiger partial charge in [0.1, 0.15) is 5.75 Å². The Kier molecular flexibility index (Phi) is 8.01. The fraction of sp³-hybridized carbons (Fsp3) is 0.588. The van der Waals surface area contributed by atoms with Crippen LogP contribution in [-0.2, 0) is 4.79 Å². The van der Waals surface area contributed by atoms with Gasteiger partial charge in [0.2, 0.25) is 0 Å². The van der Waals surface area contributed by atoms with Crippen LogP contribution >= 0.6 is 0 Å². The normalized spacial score (nSPS) is 11.9. The molecule has 0 aliphatic carbocycles. The molecule has 0 aromatic heterocycles. The monoisotopic (exact) mass is 338 g/mol. The third-order valence-electron chi connectivity index (χ3n) is 3.55. The van der Waals surface area contributed by atoms with Gasteiger partial charge in [-0.1, -0.05) is 26.7 Å². The molecule has 0 radical (unpaired) electrons. The van der Waals surface area contributed by atoms with Crippen molar-refractivity contribution in [3.8, 4) is 11.5 Å². The molecule has 1 atom stereocenters. The van der Waals surface area contributed by atoms with E-state index in [0.717, 1.165) is 19.3 Å². The molecule has 24 heavy (non-hydrogen) atoms. The van der Waals surface area contributed by atoms with Crippen LogP contribution in [0.1, 0.15) is 40.0 Å². The summed E-state index contributed by atoms with van der Waals surface area (Å²) in [6.45, 7) is 6.01. The predicted molar refractivity (Wildman–Crippen MR) is 91.4 cm³/mol. The van der Waals surface area contributed by atoms with E-state index >= 15 is 0 Å². The van der Waals surface area contributed by atoms with E-state index in [0.29, 0.717) is 11.7 Å². The van der Waals surface area contributed by atoms with Gasteiger partial charge in [-0.15, -0.1) is 0 Å². The molecule has 0 heterocycles. The summed E-state index contributed by atoms with van der Waals surface area (Å²) in [5.74, 6) is 0.754. The van der Waals surface area contributed by atoms with Crippen molar-refractivity contribution in [3.63, 3.8) is 0 Å². The lowest BCUT2D eigenvalue weighted by molar-refractivity contribution is -0.385. The van der Waals surface area contributed by atoms with Gasteiger partial charge in [0.25, 0.3) is 5.91 Å². The van der Waals surface area contributed by atoms with Crippen molar-refractivity contribution in [2.45, 2.75) is 46.1 Å². The number of hydrogen-bond donors (Lipinski definition) is 1. The lowest BCUT2D eigenvalue weighted by Crippen LogP contribution is -2.36. The first-order chi connectivity index (χ1) is 11.3. The number of nitrogens with zero attached hydrogens (tertiary/aromatic N) is 1. The van der Waals surface area contributed by atoms with Crippen molar-refractivity contribution in [3.05, 3.63) is 28.3 Å². The summed E-state index contributed by atoms with van der Waals surface area (Å²) in [5.41, 5.74) is -0.230. The summed E-state index contributed by atoms with van der Waals surface area (Å²) in [4.78, 5) is 22.4. The summed E-state index contributed by atoms with van der Waals surface area (Å²) in [6, 6.07) is 4.29. The number of carbonyl (C=O) groups excluding carboxylic acids is 1. The second kappa shape index (κ2) is 9.75. The Labute approximate surface area is 142 Å². The maximum Gasteiger partial charge on any atom is 0.314 e. The summed E-state index contributed by atoms with van der Waals surface area (Å²) in [6.07, 6.45) is 3.06. The summed E-state index contributed by atoms with van der Waals surface area (Å²) >= 11 is 0. The number of carbonyl (C=O) groups is 1. The van der Waals surface area contributed by atoms with Gasteiger partial charge in [-0.2, -0.15) is 0 Å². The molecule has 0 aliphatic rings. The van der Waals surface area contributed by atoms with Crippen LogP contribution in [0.15, 0.2) is 18.2 Å². The van der Waals surface area contributed by atoms with Crippen LogP contribution in [0, 0.1) is 16.0 Å². The third-order valence-corrected chi connectivity index (χ3v) is 3.55. The van der Waals surface area contributed by atoms with Crippen molar-refractivity contribution in [2.75, 3.05) is 13.7 Å². The number of nitro groups is 1. The van der Waals surface area contributed by atoms with Gasteiger partial charge in [0.15, 0.2) is 12.4 Å². The topological polar surface area (TPSA) is 90.7 Å². The molecular formula is C17H26N2O5. The molecule has 0 unspecified atom stereocenters. The van der Waals surface area contributed by atoms with E-state index in [4.69, 9.17) is 9.47 Å². The average Bonchev–Trinajstić information content (AvgIpc) is 2.52. The molecule has 0 fully saturated rings. The Morgan fingerprint density at radius 1 is 1.29 bits per heavy atom. The fourth-order valence-electron chi connectivity index (χ4n) is 2.25. The van der Waals surface area contributed by atoms with E-state index in [-0.39, 0.29) is 30.0 Å². The van der Waals surface area contributed by atoms with Gasteiger partial charge in [-0.25, -0.2) is 0 Å². The number of hydrogen-bond acceptors (Lipinski definition) is 5. The molecule has 0 saturated carbocycles. The Hall–Kier alpha value is -2.31. The molecule has 1 aromatic rings.